The van der Waals surface area contributed by atoms with Gasteiger partial charge in [-0.3, -0.25) is 0 Å². The fourth-order valence-electron chi connectivity index (χ4n) is 2.14. The second-order valence-electron chi connectivity index (χ2n) is 4.61. The maximum absolute atomic E-state index is 4.59. The molecule has 0 aliphatic carbocycles. The fourth-order valence-corrected chi connectivity index (χ4v) is 2.56. The van der Waals surface area contributed by atoms with Crippen LogP contribution in [0.5, 0.6) is 0 Å². The Hall–Kier alpha value is -2.08. The largest absolute Gasteiger partial charge is 0.369 e. The van der Waals surface area contributed by atoms with E-state index in [0.717, 1.165) is 28.3 Å². The quantitative estimate of drug-likeness (QED) is 0.742. The van der Waals surface area contributed by atoms with Gasteiger partial charge in [0.2, 0.25) is 0 Å². The van der Waals surface area contributed by atoms with Crippen molar-refractivity contribution in [2.45, 2.75) is 13.5 Å². The van der Waals surface area contributed by atoms with Crippen LogP contribution in [0.3, 0.4) is 0 Å². The normalized spacial score (nSPS) is 10.8. The van der Waals surface area contributed by atoms with Crippen molar-refractivity contribution in [3.63, 3.8) is 0 Å². The number of benzene rings is 1. The van der Waals surface area contributed by atoms with Gasteiger partial charge in [0.15, 0.2) is 11.5 Å². The van der Waals surface area contributed by atoms with Crippen LogP contribution in [0.15, 0.2) is 47.3 Å². The van der Waals surface area contributed by atoms with Gasteiger partial charge in [-0.25, -0.2) is 9.97 Å². The molecular formula is C15H16BrN5. The molecule has 0 amide bonds. The molecule has 2 N–H and O–H groups in total. The lowest BCUT2D eigenvalue weighted by atomic mass is 10.2. The molecular weight excluding hydrogens is 330 g/mol. The number of rotatable bonds is 5. The Morgan fingerprint density at radius 3 is 2.90 bits per heavy atom. The molecule has 0 saturated heterocycles. The monoisotopic (exact) mass is 345 g/mol. The maximum atomic E-state index is 4.59. The number of nitrogens with zero attached hydrogens (tertiary/aromatic N) is 3. The molecule has 1 aromatic carbocycles. The first kappa shape index (κ1) is 13.9. The summed E-state index contributed by atoms with van der Waals surface area (Å²) in [6.07, 6.45) is 5.63. The highest BCUT2D eigenvalue weighted by atomic mass is 79.9. The summed E-state index contributed by atoms with van der Waals surface area (Å²) in [5.41, 5.74) is 2.00. The van der Waals surface area contributed by atoms with Crippen molar-refractivity contribution in [2.24, 2.45) is 0 Å². The van der Waals surface area contributed by atoms with E-state index in [2.05, 4.69) is 42.6 Å². The number of halogens is 1. The topological polar surface area (TPSA) is 54.2 Å². The van der Waals surface area contributed by atoms with Crippen LogP contribution in [0.25, 0.3) is 5.65 Å². The molecule has 0 aliphatic heterocycles. The summed E-state index contributed by atoms with van der Waals surface area (Å²) in [6.45, 7) is 3.57. The van der Waals surface area contributed by atoms with Gasteiger partial charge in [0.1, 0.15) is 5.82 Å². The number of hydrogen-bond acceptors (Lipinski definition) is 4. The van der Waals surface area contributed by atoms with Gasteiger partial charge >= 0.3 is 0 Å². The van der Waals surface area contributed by atoms with Crippen molar-refractivity contribution < 1.29 is 0 Å². The molecule has 2 heterocycles. The van der Waals surface area contributed by atoms with E-state index in [9.17, 15) is 0 Å². The molecule has 0 spiro atoms. The Kier molecular flexibility index (Phi) is 4.06. The van der Waals surface area contributed by atoms with Gasteiger partial charge in [-0.1, -0.05) is 34.1 Å². The number of anilines is 2. The molecule has 2 aromatic heterocycles. The van der Waals surface area contributed by atoms with E-state index in [1.54, 1.807) is 6.20 Å². The Bertz CT molecular complexity index is 753. The van der Waals surface area contributed by atoms with Crippen LogP contribution < -0.4 is 10.6 Å². The molecule has 5 nitrogen and oxygen atoms in total. The highest BCUT2D eigenvalue weighted by Gasteiger charge is 2.07. The van der Waals surface area contributed by atoms with Gasteiger partial charge in [0.25, 0.3) is 0 Å². The summed E-state index contributed by atoms with van der Waals surface area (Å²) in [5, 5.41) is 6.60. The predicted molar refractivity (Wildman–Crippen MR) is 88.6 cm³/mol. The van der Waals surface area contributed by atoms with E-state index in [0.29, 0.717) is 6.54 Å². The van der Waals surface area contributed by atoms with Gasteiger partial charge in [0, 0.05) is 30.0 Å². The van der Waals surface area contributed by atoms with Crippen LogP contribution in [0.4, 0.5) is 11.6 Å². The van der Waals surface area contributed by atoms with Crippen LogP contribution in [-0.4, -0.2) is 20.9 Å². The number of fused-ring (bicyclic) bond motifs is 1. The van der Waals surface area contributed by atoms with Gasteiger partial charge in [0.05, 0.1) is 6.20 Å². The van der Waals surface area contributed by atoms with Gasteiger partial charge < -0.3 is 15.0 Å². The zero-order valence-corrected chi connectivity index (χ0v) is 13.3. The number of imidazole rings is 1. The number of aromatic nitrogens is 3. The molecule has 108 valence electrons. The summed E-state index contributed by atoms with van der Waals surface area (Å²) in [4.78, 5) is 8.94. The van der Waals surface area contributed by atoms with E-state index in [1.165, 1.54) is 5.56 Å². The van der Waals surface area contributed by atoms with Crippen molar-refractivity contribution >= 4 is 33.2 Å². The Balaban J connectivity index is 1.89. The lowest BCUT2D eigenvalue weighted by Gasteiger charge is -2.11. The molecule has 3 aromatic rings. The molecule has 3 rings (SSSR count). The van der Waals surface area contributed by atoms with Crippen molar-refractivity contribution in [3.8, 4) is 0 Å². The SMILES string of the molecule is CCNc1cn2ccnc2c(NCc2ccccc2Br)n1. The van der Waals surface area contributed by atoms with Crippen molar-refractivity contribution in [1.82, 2.24) is 14.4 Å². The van der Waals surface area contributed by atoms with Crippen LogP contribution in [0, 0.1) is 0 Å². The molecule has 0 unspecified atom stereocenters. The fraction of sp³-hybridized carbons (Fsp3) is 0.200. The van der Waals surface area contributed by atoms with Gasteiger partial charge in [-0.15, -0.1) is 0 Å². The lowest BCUT2D eigenvalue weighted by molar-refractivity contribution is 1.05. The summed E-state index contributed by atoms with van der Waals surface area (Å²) in [5.74, 6) is 1.60. The zero-order chi connectivity index (χ0) is 14.7. The Morgan fingerprint density at radius 1 is 1.24 bits per heavy atom. The Labute approximate surface area is 131 Å². The molecule has 6 heteroatoms. The maximum Gasteiger partial charge on any atom is 0.180 e. The minimum absolute atomic E-state index is 0.687. The average molecular weight is 346 g/mol. The van der Waals surface area contributed by atoms with E-state index in [1.807, 2.05) is 41.9 Å². The summed E-state index contributed by atoms with van der Waals surface area (Å²) < 4.78 is 3.05. The standard InChI is InChI=1S/C15H16BrN5/c1-2-17-13-10-21-8-7-18-15(21)14(20-13)19-9-11-5-3-4-6-12(11)16/h3-8,10,17H,2,9H2,1H3,(H,19,20). The van der Waals surface area contributed by atoms with Gasteiger partial charge in [-0.05, 0) is 18.6 Å². The molecule has 0 fully saturated rings. The Morgan fingerprint density at radius 2 is 2.10 bits per heavy atom. The van der Waals surface area contributed by atoms with E-state index < -0.39 is 0 Å². The molecule has 21 heavy (non-hydrogen) atoms. The van der Waals surface area contributed by atoms with Crippen LogP contribution in [0.2, 0.25) is 0 Å². The highest BCUT2D eigenvalue weighted by Crippen LogP contribution is 2.20. The number of hydrogen-bond donors (Lipinski definition) is 2. The summed E-state index contributed by atoms with van der Waals surface area (Å²) in [6, 6.07) is 8.14. The first-order chi connectivity index (χ1) is 10.3. The van der Waals surface area contributed by atoms with E-state index in [-0.39, 0.29) is 0 Å². The minimum atomic E-state index is 0.687. The van der Waals surface area contributed by atoms with Crippen LogP contribution in [-0.2, 0) is 6.54 Å². The van der Waals surface area contributed by atoms with E-state index in [4.69, 9.17) is 0 Å². The van der Waals surface area contributed by atoms with Crippen molar-refractivity contribution in [1.29, 1.82) is 0 Å². The first-order valence-electron chi connectivity index (χ1n) is 6.83. The molecule has 0 bridgehead atoms. The number of nitrogens with one attached hydrogen (secondary N) is 2. The van der Waals surface area contributed by atoms with Crippen molar-refractivity contribution in [2.75, 3.05) is 17.2 Å². The lowest BCUT2D eigenvalue weighted by Crippen LogP contribution is -2.08. The van der Waals surface area contributed by atoms with Crippen LogP contribution in [0.1, 0.15) is 12.5 Å². The van der Waals surface area contributed by atoms with Crippen LogP contribution >= 0.6 is 15.9 Å². The first-order valence-corrected chi connectivity index (χ1v) is 7.62. The molecule has 0 atom stereocenters. The third-order valence-corrected chi connectivity index (χ3v) is 3.91. The van der Waals surface area contributed by atoms with Crippen molar-refractivity contribution in [3.05, 3.63) is 52.9 Å². The average Bonchev–Trinajstić information content (AvgIpc) is 2.95. The summed E-state index contributed by atoms with van der Waals surface area (Å²) >= 11 is 3.56. The second kappa shape index (κ2) is 6.13. The smallest absolute Gasteiger partial charge is 0.180 e. The third-order valence-electron chi connectivity index (χ3n) is 3.14. The molecule has 0 aliphatic rings. The molecule has 0 saturated carbocycles. The van der Waals surface area contributed by atoms with Gasteiger partial charge in [-0.2, -0.15) is 0 Å². The third kappa shape index (κ3) is 3.00. The zero-order valence-electron chi connectivity index (χ0n) is 11.7. The highest BCUT2D eigenvalue weighted by molar-refractivity contribution is 9.10. The minimum Gasteiger partial charge on any atom is -0.369 e. The predicted octanol–water partition coefficient (Wildman–Crippen LogP) is 3.54. The molecule has 0 radical (unpaired) electrons. The second-order valence-corrected chi connectivity index (χ2v) is 5.46. The van der Waals surface area contributed by atoms with E-state index >= 15 is 0 Å². The summed E-state index contributed by atoms with van der Waals surface area (Å²) in [7, 11) is 0.